The lowest BCUT2D eigenvalue weighted by Crippen LogP contribution is -2.47. The molecule has 11 heteroatoms. The monoisotopic (exact) mass is 758 g/mol. The van der Waals surface area contributed by atoms with Crippen molar-refractivity contribution >= 4 is 30.9 Å². The standard InChI is InChI=1S/C34H46F3IN2O4Si/c1-31(2,3)45(6,7)44-24-17-32(4,5)16-23-26(24)28-27(29(40-23)20-10-13-41-14-11-20)30(43-33(28)12-15-42-19-25(33)38)22-9-8-21(18-39-22)34(35,36)37/h8-9,18,20,24-25,30H,10-17,19H2,1-7H3/t24-,25?,30+,33?/m0/s1. The number of nitrogens with zero attached hydrogens (tertiary/aromatic N) is 2. The topological polar surface area (TPSA) is 62.7 Å². The quantitative estimate of drug-likeness (QED) is 0.176. The summed E-state index contributed by atoms with van der Waals surface area (Å²) in [6.07, 6.45) is -0.345. The van der Waals surface area contributed by atoms with Gasteiger partial charge < -0.3 is 18.6 Å². The zero-order valence-electron chi connectivity index (χ0n) is 27.4. The first-order chi connectivity index (χ1) is 20.9. The van der Waals surface area contributed by atoms with E-state index in [0.29, 0.717) is 38.5 Å². The average Bonchev–Trinajstić information content (AvgIpc) is 3.28. The van der Waals surface area contributed by atoms with Gasteiger partial charge in [-0.05, 0) is 61.4 Å². The van der Waals surface area contributed by atoms with Crippen molar-refractivity contribution in [2.75, 3.05) is 26.4 Å². The molecular weight excluding hydrogens is 712 g/mol. The van der Waals surface area contributed by atoms with Gasteiger partial charge in [0.1, 0.15) is 11.7 Å². The summed E-state index contributed by atoms with van der Waals surface area (Å²) in [5.74, 6) is 0.158. The molecule has 1 spiro atoms. The summed E-state index contributed by atoms with van der Waals surface area (Å²) < 4.78 is 67.0. The van der Waals surface area contributed by atoms with E-state index in [1.807, 2.05) is 0 Å². The van der Waals surface area contributed by atoms with Crippen molar-refractivity contribution in [2.24, 2.45) is 5.41 Å². The van der Waals surface area contributed by atoms with Crippen LogP contribution < -0.4 is 0 Å². The lowest BCUT2D eigenvalue weighted by molar-refractivity contribution is -0.138. The van der Waals surface area contributed by atoms with Gasteiger partial charge in [-0.25, -0.2) is 0 Å². The van der Waals surface area contributed by atoms with Crippen molar-refractivity contribution in [3.63, 3.8) is 0 Å². The fourth-order valence-electron chi connectivity index (χ4n) is 7.31. The number of rotatable bonds is 4. The molecule has 2 fully saturated rings. The van der Waals surface area contributed by atoms with Crippen LogP contribution in [-0.2, 0) is 36.8 Å². The Morgan fingerprint density at radius 1 is 1.02 bits per heavy atom. The highest BCUT2D eigenvalue weighted by Gasteiger charge is 2.57. The molecule has 0 amide bonds. The summed E-state index contributed by atoms with van der Waals surface area (Å²) in [6, 6.07) is 2.60. The van der Waals surface area contributed by atoms with Crippen molar-refractivity contribution in [1.29, 1.82) is 0 Å². The second-order valence-electron chi connectivity index (χ2n) is 15.6. The lowest BCUT2D eigenvalue weighted by atomic mass is 9.69. The lowest BCUT2D eigenvalue weighted by Gasteiger charge is -2.47. The molecule has 1 aliphatic carbocycles. The molecule has 2 aromatic heterocycles. The number of alkyl halides is 4. The third-order valence-corrected chi connectivity index (χ3v) is 16.6. The molecule has 2 unspecified atom stereocenters. The molecule has 45 heavy (non-hydrogen) atoms. The fraction of sp³-hybridized carbons (Fsp3) is 0.706. The number of halogens is 4. The second-order valence-corrected chi connectivity index (χ2v) is 21.9. The Hall–Kier alpha value is -1.12. The fourth-order valence-corrected chi connectivity index (χ4v) is 9.60. The van der Waals surface area contributed by atoms with Crippen molar-refractivity contribution < 1.29 is 31.8 Å². The van der Waals surface area contributed by atoms with E-state index in [9.17, 15) is 13.2 Å². The van der Waals surface area contributed by atoms with Gasteiger partial charge in [-0.2, -0.15) is 13.2 Å². The number of hydrogen-bond acceptors (Lipinski definition) is 6. The molecule has 2 saturated heterocycles. The molecule has 0 aromatic carbocycles. The largest absolute Gasteiger partial charge is 0.417 e. The molecule has 6 nitrogen and oxygen atoms in total. The minimum Gasteiger partial charge on any atom is -0.410 e. The third-order valence-electron chi connectivity index (χ3n) is 10.7. The van der Waals surface area contributed by atoms with Gasteiger partial charge >= 0.3 is 6.18 Å². The predicted molar refractivity (Wildman–Crippen MR) is 177 cm³/mol. The summed E-state index contributed by atoms with van der Waals surface area (Å²) in [6.45, 7) is 18.4. The molecule has 0 radical (unpaired) electrons. The summed E-state index contributed by atoms with van der Waals surface area (Å²) >= 11 is 2.46. The summed E-state index contributed by atoms with van der Waals surface area (Å²) in [5, 5.41) is 0.0126. The Labute approximate surface area is 279 Å². The van der Waals surface area contributed by atoms with Crippen LogP contribution in [0.5, 0.6) is 0 Å². The highest BCUT2D eigenvalue weighted by atomic mass is 127. The van der Waals surface area contributed by atoms with Gasteiger partial charge in [-0.15, -0.1) is 0 Å². The minimum absolute atomic E-state index is 0.0126. The highest BCUT2D eigenvalue weighted by molar-refractivity contribution is 14.1. The van der Waals surface area contributed by atoms with E-state index >= 15 is 0 Å². The number of pyridine rings is 2. The van der Waals surface area contributed by atoms with Crippen LogP contribution in [0.1, 0.15) is 118 Å². The van der Waals surface area contributed by atoms with Gasteiger partial charge in [0, 0.05) is 60.7 Å². The summed E-state index contributed by atoms with van der Waals surface area (Å²) in [7, 11) is -2.22. The SMILES string of the molecule is CC1(C)Cc2nc(C3CCOCC3)c3c(c2[C@@H](O[Si](C)(C)C(C)(C)C)C1)C1(CCOCC1I)O[C@@H]3c1ccc(C(F)(F)F)cn1. The van der Waals surface area contributed by atoms with E-state index < -0.39 is 31.8 Å². The average molecular weight is 759 g/mol. The van der Waals surface area contributed by atoms with Gasteiger partial charge in [-0.3, -0.25) is 9.97 Å². The van der Waals surface area contributed by atoms with Gasteiger partial charge in [0.05, 0.1) is 33.6 Å². The Morgan fingerprint density at radius 3 is 2.33 bits per heavy atom. The zero-order chi connectivity index (χ0) is 32.6. The highest BCUT2D eigenvalue weighted by Crippen LogP contribution is 2.60. The van der Waals surface area contributed by atoms with Crippen molar-refractivity contribution in [3.05, 3.63) is 57.7 Å². The molecule has 2 aromatic rings. The van der Waals surface area contributed by atoms with Gasteiger partial charge in [0.2, 0.25) is 0 Å². The van der Waals surface area contributed by atoms with E-state index in [4.69, 9.17) is 23.6 Å². The minimum atomic E-state index is -4.47. The van der Waals surface area contributed by atoms with E-state index in [-0.39, 0.29) is 26.4 Å². The van der Waals surface area contributed by atoms with E-state index in [0.717, 1.165) is 66.0 Å². The second kappa shape index (κ2) is 11.8. The zero-order valence-corrected chi connectivity index (χ0v) is 30.6. The first-order valence-corrected chi connectivity index (χ1v) is 20.3. The maximum atomic E-state index is 13.6. The number of ether oxygens (including phenoxy) is 3. The first-order valence-electron chi connectivity index (χ1n) is 16.2. The smallest absolute Gasteiger partial charge is 0.410 e. The Bertz CT molecular complexity index is 1420. The summed E-state index contributed by atoms with van der Waals surface area (Å²) in [4.78, 5) is 9.95. The predicted octanol–water partition coefficient (Wildman–Crippen LogP) is 8.96. The van der Waals surface area contributed by atoms with Crippen LogP contribution in [0.2, 0.25) is 18.1 Å². The number of fused-ring (bicyclic) bond motifs is 4. The van der Waals surface area contributed by atoms with Crippen LogP contribution in [0, 0.1) is 5.41 Å². The molecule has 0 bridgehead atoms. The van der Waals surface area contributed by atoms with Gasteiger partial charge in [0.25, 0.3) is 0 Å². The molecule has 248 valence electrons. The molecular formula is C34H46F3IN2O4Si. The molecule has 6 rings (SSSR count). The van der Waals surface area contributed by atoms with Crippen LogP contribution in [0.4, 0.5) is 13.2 Å². The van der Waals surface area contributed by atoms with E-state index in [1.54, 1.807) is 0 Å². The summed E-state index contributed by atoms with van der Waals surface area (Å²) in [5.41, 5.74) is 4.33. The van der Waals surface area contributed by atoms with Crippen molar-refractivity contribution in [3.8, 4) is 0 Å². The molecule has 5 heterocycles. The maximum absolute atomic E-state index is 13.6. The molecule has 3 aliphatic heterocycles. The molecule has 4 aliphatic rings. The number of aromatic nitrogens is 2. The van der Waals surface area contributed by atoms with Crippen molar-refractivity contribution in [2.45, 2.75) is 119 Å². The number of hydrogen-bond donors (Lipinski definition) is 0. The van der Waals surface area contributed by atoms with Crippen LogP contribution in [0.25, 0.3) is 0 Å². The maximum Gasteiger partial charge on any atom is 0.417 e. The normalized spacial score (nSPS) is 29.1. The van der Waals surface area contributed by atoms with Crippen LogP contribution in [0.3, 0.4) is 0 Å². The molecule has 0 N–H and O–H groups in total. The van der Waals surface area contributed by atoms with Crippen molar-refractivity contribution in [1.82, 2.24) is 9.97 Å². The van der Waals surface area contributed by atoms with Crippen LogP contribution in [-0.4, -0.2) is 48.6 Å². The Morgan fingerprint density at radius 2 is 1.73 bits per heavy atom. The van der Waals surface area contributed by atoms with Gasteiger partial charge in [0.15, 0.2) is 8.32 Å². The third kappa shape index (κ3) is 6.16. The Kier molecular flexibility index (Phi) is 8.84. The molecule has 0 saturated carbocycles. The molecule has 4 atom stereocenters. The van der Waals surface area contributed by atoms with E-state index in [1.165, 1.54) is 6.07 Å². The van der Waals surface area contributed by atoms with Crippen LogP contribution in [0.15, 0.2) is 18.3 Å². The van der Waals surface area contributed by atoms with Crippen LogP contribution >= 0.6 is 22.6 Å². The first kappa shape index (κ1) is 33.8. The Balaban J connectivity index is 1.63. The van der Waals surface area contributed by atoms with Gasteiger partial charge in [-0.1, -0.05) is 57.2 Å². The van der Waals surface area contributed by atoms with E-state index in [2.05, 4.69) is 75.3 Å².